The molecule has 2 aromatic rings. The first kappa shape index (κ1) is 17.7. The van der Waals surface area contributed by atoms with E-state index in [1.165, 1.54) is 23.5 Å². The van der Waals surface area contributed by atoms with Crippen LogP contribution >= 0.6 is 11.3 Å². The molecule has 3 rings (SSSR count). The number of hydrogen-bond donors (Lipinski definition) is 1. The monoisotopic (exact) mass is 363 g/mol. The number of halogens is 2. The molecule has 1 aromatic heterocycles. The van der Waals surface area contributed by atoms with Crippen molar-refractivity contribution in [3.63, 3.8) is 0 Å². The van der Waals surface area contributed by atoms with Gasteiger partial charge in [0, 0.05) is 40.6 Å². The Morgan fingerprint density at radius 3 is 2.52 bits per heavy atom. The summed E-state index contributed by atoms with van der Waals surface area (Å²) >= 11 is 1.54. The SMILES string of the molecule is Cc1cc(F)c([C@@H]2CNC(=O)[C@H]2CC(=O)Cc2ccc(C)s2)c(F)c1. The minimum Gasteiger partial charge on any atom is -0.355 e. The van der Waals surface area contributed by atoms with Gasteiger partial charge < -0.3 is 5.32 Å². The molecule has 1 N–H and O–H groups in total. The molecule has 3 nitrogen and oxygen atoms in total. The van der Waals surface area contributed by atoms with Crippen LogP contribution < -0.4 is 5.32 Å². The van der Waals surface area contributed by atoms with Crippen molar-refractivity contribution in [2.24, 2.45) is 5.92 Å². The normalized spacial score (nSPS) is 19.9. The average Bonchev–Trinajstić information content (AvgIpc) is 3.06. The smallest absolute Gasteiger partial charge is 0.224 e. The molecule has 1 aromatic carbocycles. The first-order chi connectivity index (χ1) is 11.8. The van der Waals surface area contributed by atoms with Crippen LogP contribution in [0, 0.1) is 31.4 Å². The second kappa shape index (κ2) is 7.04. The molecular formula is C19H19F2NO2S. The van der Waals surface area contributed by atoms with Gasteiger partial charge in [-0.3, -0.25) is 9.59 Å². The summed E-state index contributed by atoms with van der Waals surface area (Å²) in [4.78, 5) is 26.5. The first-order valence-corrected chi connectivity index (χ1v) is 8.97. The molecule has 1 aliphatic heterocycles. The fraction of sp³-hybridized carbons (Fsp3) is 0.368. The zero-order valence-electron chi connectivity index (χ0n) is 14.1. The van der Waals surface area contributed by atoms with Crippen LogP contribution in [-0.2, 0) is 16.0 Å². The number of carbonyl (C=O) groups excluding carboxylic acids is 2. The number of amides is 1. The van der Waals surface area contributed by atoms with Crippen LogP contribution in [0.15, 0.2) is 24.3 Å². The molecule has 1 amide bonds. The van der Waals surface area contributed by atoms with Gasteiger partial charge in [-0.25, -0.2) is 8.78 Å². The summed E-state index contributed by atoms with van der Waals surface area (Å²) in [6, 6.07) is 6.35. The summed E-state index contributed by atoms with van der Waals surface area (Å²) in [5.74, 6) is -3.14. The third-order valence-corrected chi connectivity index (χ3v) is 5.53. The van der Waals surface area contributed by atoms with Gasteiger partial charge in [0.1, 0.15) is 17.4 Å². The lowest BCUT2D eigenvalue weighted by molar-refractivity contribution is -0.127. The highest BCUT2D eigenvalue weighted by Gasteiger charge is 2.39. The van der Waals surface area contributed by atoms with Crippen LogP contribution in [-0.4, -0.2) is 18.2 Å². The number of Topliss-reactive ketones (excluding diaryl/α,β-unsaturated/α-hetero) is 1. The van der Waals surface area contributed by atoms with E-state index in [-0.39, 0.29) is 36.6 Å². The Balaban J connectivity index is 1.79. The predicted octanol–water partition coefficient (Wildman–Crippen LogP) is 3.67. The summed E-state index contributed by atoms with van der Waals surface area (Å²) in [7, 11) is 0. The Kier molecular flexibility index (Phi) is 4.99. The van der Waals surface area contributed by atoms with Crippen molar-refractivity contribution in [3.8, 4) is 0 Å². The van der Waals surface area contributed by atoms with Gasteiger partial charge in [0.05, 0.1) is 5.92 Å². The van der Waals surface area contributed by atoms with Crippen LogP contribution in [0.1, 0.15) is 33.2 Å². The van der Waals surface area contributed by atoms with E-state index >= 15 is 0 Å². The van der Waals surface area contributed by atoms with Crippen LogP contribution in [0.4, 0.5) is 8.78 Å². The standard InChI is InChI=1S/C19H19F2NO2S/c1-10-5-16(20)18(17(21)6-10)15-9-22-19(24)14(15)8-12(23)7-13-4-3-11(2)25-13/h3-6,14-15H,7-9H2,1-2H3,(H,22,24)/t14-,15+/m0/s1. The lowest BCUT2D eigenvalue weighted by Crippen LogP contribution is -2.23. The van der Waals surface area contributed by atoms with Gasteiger partial charge in [-0.05, 0) is 43.7 Å². The van der Waals surface area contributed by atoms with E-state index in [2.05, 4.69) is 5.32 Å². The van der Waals surface area contributed by atoms with E-state index < -0.39 is 23.5 Å². The van der Waals surface area contributed by atoms with Crippen LogP contribution in [0.25, 0.3) is 0 Å². The molecule has 2 atom stereocenters. The molecule has 0 radical (unpaired) electrons. The molecule has 0 aliphatic carbocycles. The molecule has 1 aliphatic rings. The van der Waals surface area contributed by atoms with Crippen molar-refractivity contribution >= 4 is 23.0 Å². The fourth-order valence-corrected chi connectivity index (χ4v) is 4.28. The van der Waals surface area contributed by atoms with Gasteiger partial charge in [-0.15, -0.1) is 11.3 Å². The summed E-state index contributed by atoms with van der Waals surface area (Å²) < 4.78 is 28.6. The van der Waals surface area contributed by atoms with Gasteiger partial charge in [-0.2, -0.15) is 0 Å². The third-order valence-electron chi connectivity index (χ3n) is 4.53. The lowest BCUT2D eigenvalue weighted by Gasteiger charge is -2.18. The van der Waals surface area contributed by atoms with Gasteiger partial charge >= 0.3 is 0 Å². The molecule has 0 spiro atoms. The number of carbonyl (C=O) groups is 2. The third kappa shape index (κ3) is 3.79. The predicted molar refractivity (Wildman–Crippen MR) is 92.7 cm³/mol. The maximum atomic E-state index is 14.3. The van der Waals surface area contributed by atoms with Gasteiger partial charge in [0.25, 0.3) is 0 Å². The number of benzene rings is 1. The second-order valence-electron chi connectivity index (χ2n) is 6.53. The maximum absolute atomic E-state index is 14.3. The molecule has 1 fully saturated rings. The van der Waals surface area contributed by atoms with Gasteiger partial charge in [0.2, 0.25) is 5.91 Å². The number of ketones is 1. The molecule has 132 valence electrons. The highest BCUT2D eigenvalue weighted by atomic mass is 32.1. The van der Waals surface area contributed by atoms with Gasteiger partial charge in [-0.1, -0.05) is 0 Å². The second-order valence-corrected chi connectivity index (χ2v) is 7.90. The van der Waals surface area contributed by atoms with Crippen molar-refractivity contribution in [1.82, 2.24) is 5.32 Å². The molecule has 2 heterocycles. The molecular weight excluding hydrogens is 344 g/mol. The van der Waals surface area contributed by atoms with E-state index in [1.54, 1.807) is 6.92 Å². The fourth-order valence-electron chi connectivity index (χ4n) is 3.36. The molecule has 0 bridgehead atoms. The van der Waals surface area contributed by atoms with Gasteiger partial charge in [0.15, 0.2) is 0 Å². The van der Waals surface area contributed by atoms with Crippen LogP contribution in [0.2, 0.25) is 0 Å². The van der Waals surface area contributed by atoms with E-state index in [0.29, 0.717) is 5.56 Å². The van der Waals surface area contributed by atoms with Crippen LogP contribution in [0.3, 0.4) is 0 Å². The topological polar surface area (TPSA) is 46.2 Å². The average molecular weight is 363 g/mol. The lowest BCUT2D eigenvalue weighted by atomic mass is 9.84. The van der Waals surface area contributed by atoms with Crippen LogP contribution in [0.5, 0.6) is 0 Å². The number of aryl methyl sites for hydroxylation is 2. The van der Waals surface area contributed by atoms with E-state index in [1.807, 2.05) is 19.1 Å². The molecule has 0 saturated carbocycles. The Labute approximate surface area is 149 Å². The van der Waals surface area contributed by atoms with Crippen molar-refractivity contribution in [1.29, 1.82) is 0 Å². The molecule has 6 heteroatoms. The Bertz CT molecular complexity index is 808. The quantitative estimate of drug-likeness (QED) is 0.881. The number of rotatable bonds is 5. The Morgan fingerprint density at radius 1 is 1.24 bits per heavy atom. The van der Waals surface area contributed by atoms with E-state index in [9.17, 15) is 18.4 Å². The Morgan fingerprint density at radius 2 is 1.92 bits per heavy atom. The van der Waals surface area contributed by atoms with Crippen molar-refractivity contribution < 1.29 is 18.4 Å². The number of nitrogens with one attached hydrogen (secondary N) is 1. The zero-order chi connectivity index (χ0) is 18.1. The maximum Gasteiger partial charge on any atom is 0.224 e. The number of hydrogen-bond acceptors (Lipinski definition) is 3. The van der Waals surface area contributed by atoms with Crippen molar-refractivity contribution in [2.45, 2.75) is 32.6 Å². The molecule has 25 heavy (non-hydrogen) atoms. The summed E-state index contributed by atoms with van der Waals surface area (Å²) in [6.07, 6.45) is 0.230. The van der Waals surface area contributed by atoms with Crippen molar-refractivity contribution in [2.75, 3.05) is 6.54 Å². The molecule has 1 saturated heterocycles. The highest BCUT2D eigenvalue weighted by molar-refractivity contribution is 7.12. The summed E-state index contributed by atoms with van der Waals surface area (Å²) in [5.41, 5.74) is 0.380. The first-order valence-electron chi connectivity index (χ1n) is 8.15. The highest BCUT2D eigenvalue weighted by Crippen LogP contribution is 2.35. The number of thiophene rings is 1. The Hall–Kier alpha value is -2.08. The van der Waals surface area contributed by atoms with E-state index in [0.717, 1.165) is 9.75 Å². The van der Waals surface area contributed by atoms with Crippen molar-refractivity contribution in [3.05, 3.63) is 56.8 Å². The zero-order valence-corrected chi connectivity index (χ0v) is 14.9. The minimum absolute atomic E-state index is 0.0137. The van der Waals surface area contributed by atoms with E-state index in [4.69, 9.17) is 0 Å². The largest absolute Gasteiger partial charge is 0.355 e. The summed E-state index contributed by atoms with van der Waals surface area (Å²) in [6.45, 7) is 3.71. The summed E-state index contributed by atoms with van der Waals surface area (Å²) in [5, 5.41) is 2.64. The molecule has 0 unspecified atom stereocenters. The minimum atomic E-state index is -0.736.